The molecule has 0 aromatic carbocycles. The third-order valence-electron chi connectivity index (χ3n) is 3.13. The normalized spacial score (nSPS) is 23.4. The summed E-state index contributed by atoms with van der Waals surface area (Å²) < 4.78 is 10.7. The van der Waals surface area contributed by atoms with Crippen molar-refractivity contribution < 1.29 is 14.3 Å². The first-order valence-electron chi connectivity index (χ1n) is 6.82. The quantitative estimate of drug-likeness (QED) is 0.704. The second-order valence-corrected chi connectivity index (χ2v) is 5.12. The van der Waals surface area contributed by atoms with Crippen LogP contribution in [-0.2, 0) is 14.3 Å². The van der Waals surface area contributed by atoms with E-state index in [1.54, 1.807) is 0 Å². The Hall–Kier alpha value is -0.650. The third kappa shape index (κ3) is 6.33. The molecule has 3 unspecified atom stereocenters. The van der Waals surface area contributed by atoms with Gasteiger partial charge >= 0.3 is 0 Å². The molecule has 0 aromatic rings. The number of ether oxygens (including phenoxy) is 2. The topological polar surface area (TPSA) is 73.6 Å². The average Bonchev–Trinajstić information content (AvgIpc) is 2.36. The summed E-state index contributed by atoms with van der Waals surface area (Å²) in [5.41, 5.74) is 5.68. The van der Waals surface area contributed by atoms with Crippen molar-refractivity contribution in [3.8, 4) is 0 Å². The maximum absolute atomic E-state index is 11.8. The number of nitrogens with one attached hydrogen (secondary N) is 1. The second kappa shape index (κ2) is 8.45. The molecule has 0 spiro atoms. The van der Waals surface area contributed by atoms with E-state index in [1.165, 1.54) is 0 Å². The first-order chi connectivity index (χ1) is 8.59. The Bertz CT molecular complexity index is 240. The lowest BCUT2D eigenvalue weighted by atomic mass is 10.0. The van der Waals surface area contributed by atoms with E-state index < -0.39 is 0 Å². The van der Waals surface area contributed by atoms with E-state index in [0.717, 1.165) is 19.3 Å². The lowest BCUT2D eigenvalue weighted by molar-refractivity contribution is -0.127. The molecule has 0 bridgehead atoms. The lowest BCUT2D eigenvalue weighted by Gasteiger charge is -2.23. The minimum absolute atomic E-state index is 0.000959. The van der Waals surface area contributed by atoms with E-state index in [-0.39, 0.29) is 24.0 Å². The summed E-state index contributed by atoms with van der Waals surface area (Å²) in [7, 11) is 0. The van der Waals surface area contributed by atoms with Gasteiger partial charge in [0.2, 0.25) is 5.91 Å². The first-order valence-corrected chi connectivity index (χ1v) is 6.82. The number of nitrogens with two attached hydrogens (primary N) is 1. The molecule has 1 rings (SSSR count). The second-order valence-electron chi connectivity index (χ2n) is 5.12. The summed E-state index contributed by atoms with van der Waals surface area (Å²) in [4.78, 5) is 11.8. The maximum Gasteiger partial charge on any atom is 0.222 e. The zero-order chi connectivity index (χ0) is 13.4. The fourth-order valence-corrected chi connectivity index (χ4v) is 1.92. The highest BCUT2D eigenvalue weighted by Crippen LogP contribution is 2.09. The number of hydrogen-bond donors (Lipinski definition) is 2. The summed E-state index contributed by atoms with van der Waals surface area (Å²) in [6, 6.07) is 0.216. The van der Waals surface area contributed by atoms with Crippen LogP contribution in [0.4, 0.5) is 0 Å². The lowest BCUT2D eigenvalue weighted by Crippen LogP contribution is -2.41. The molecule has 1 heterocycles. The number of amides is 1. The van der Waals surface area contributed by atoms with Crippen molar-refractivity contribution in [3.63, 3.8) is 0 Å². The Morgan fingerprint density at radius 2 is 2.17 bits per heavy atom. The van der Waals surface area contributed by atoms with Gasteiger partial charge in [-0.1, -0.05) is 13.3 Å². The zero-order valence-electron chi connectivity index (χ0n) is 11.5. The van der Waals surface area contributed by atoms with Crippen LogP contribution < -0.4 is 11.1 Å². The SMILES string of the molecule is CC(N)CCCC(C)C(=O)NCC1COCCO1. The predicted octanol–water partition coefficient (Wildman–Crippen LogP) is 0.672. The predicted molar refractivity (Wildman–Crippen MR) is 70.2 cm³/mol. The van der Waals surface area contributed by atoms with Gasteiger partial charge in [-0.15, -0.1) is 0 Å². The Morgan fingerprint density at radius 3 is 2.78 bits per heavy atom. The van der Waals surface area contributed by atoms with Gasteiger partial charge < -0.3 is 20.5 Å². The van der Waals surface area contributed by atoms with E-state index in [1.807, 2.05) is 13.8 Å². The van der Waals surface area contributed by atoms with E-state index >= 15 is 0 Å². The molecule has 1 saturated heterocycles. The minimum atomic E-state index is -0.000959. The van der Waals surface area contributed by atoms with E-state index in [9.17, 15) is 4.79 Å². The summed E-state index contributed by atoms with van der Waals surface area (Å²) in [6.45, 7) is 6.32. The van der Waals surface area contributed by atoms with Crippen molar-refractivity contribution >= 4 is 5.91 Å². The molecule has 106 valence electrons. The van der Waals surface area contributed by atoms with Crippen LogP contribution in [0.3, 0.4) is 0 Å². The fraction of sp³-hybridized carbons (Fsp3) is 0.923. The molecular weight excluding hydrogens is 232 g/mol. The van der Waals surface area contributed by atoms with Crippen molar-refractivity contribution in [2.45, 2.75) is 45.3 Å². The average molecular weight is 258 g/mol. The molecule has 3 atom stereocenters. The number of carbonyl (C=O) groups excluding carboxylic acids is 1. The molecule has 0 aliphatic carbocycles. The molecule has 1 amide bonds. The highest BCUT2D eigenvalue weighted by molar-refractivity contribution is 5.78. The van der Waals surface area contributed by atoms with Crippen LogP contribution in [0.2, 0.25) is 0 Å². The van der Waals surface area contributed by atoms with Crippen molar-refractivity contribution in [1.82, 2.24) is 5.32 Å². The van der Waals surface area contributed by atoms with Gasteiger partial charge in [-0.3, -0.25) is 4.79 Å². The fourth-order valence-electron chi connectivity index (χ4n) is 1.92. The number of rotatable bonds is 7. The minimum Gasteiger partial charge on any atom is -0.376 e. The molecule has 0 aromatic heterocycles. The first kappa shape index (κ1) is 15.4. The third-order valence-corrected chi connectivity index (χ3v) is 3.13. The highest BCUT2D eigenvalue weighted by atomic mass is 16.6. The van der Waals surface area contributed by atoms with Crippen LogP contribution in [0.15, 0.2) is 0 Å². The Morgan fingerprint density at radius 1 is 1.39 bits per heavy atom. The van der Waals surface area contributed by atoms with Crippen LogP contribution >= 0.6 is 0 Å². The van der Waals surface area contributed by atoms with Crippen molar-refractivity contribution in [3.05, 3.63) is 0 Å². The van der Waals surface area contributed by atoms with Gasteiger partial charge in [0, 0.05) is 18.5 Å². The molecule has 1 aliphatic rings. The van der Waals surface area contributed by atoms with Gasteiger partial charge in [0.15, 0.2) is 0 Å². The van der Waals surface area contributed by atoms with Crippen LogP contribution in [-0.4, -0.2) is 44.4 Å². The molecule has 0 radical (unpaired) electrons. The highest BCUT2D eigenvalue weighted by Gasteiger charge is 2.17. The van der Waals surface area contributed by atoms with Gasteiger partial charge in [0.05, 0.1) is 25.9 Å². The smallest absolute Gasteiger partial charge is 0.222 e. The molecule has 18 heavy (non-hydrogen) atoms. The molecule has 5 nitrogen and oxygen atoms in total. The summed E-state index contributed by atoms with van der Waals surface area (Å²) >= 11 is 0. The van der Waals surface area contributed by atoms with E-state index in [0.29, 0.717) is 26.4 Å². The van der Waals surface area contributed by atoms with Gasteiger partial charge in [-0.2, -0.15) is 0 Å². The van der Waals surface area contributed by atoms with Crippen molar-refractivity contribution in [1.29, 1.82) is 0 Å². The Labute approximate surface area is 109 Å². The Kier molecular flexibility index (Phi) is 7.23. The largest absolute Gasteiger partial charge is 0.376 e. The van der Waals surface area contributed by atoms with Gasteiger partial charge in [0.25, 0.3) is 0 Å². The van der Waals surface area contributed by atoms with E-state index in [2.05, 4.69) is 5.32 Å². The van der Waals surface area contributed by atoms with Gasteiger partial charge in [-0.05, 0) is 19.8 Å². The maximum atomic E-state index is 11.8. The van der Waals surface area contributed by atoms with Gasteiger partial charge in [0.1, 0.15) is 0 Å². The molecule has 0 saturated carbocycles. The van der Waals surface area contributed by atoms with Crippen LogP contribution in [0.1, 0.15) is 33.1 Å². The molecule has 1 aliphatic heterocycles. The van der Waals surface area contributed by atoms with Gasteiger partial charge in [-0.25, -0.2) is 0 Å². The zero-order valence-corrected chi connectivity index (χ0v) is 11.5. The molecule has 3 N–H and O–H groups in total. The summed E-state index contributed by atoms with van der Waals surface area (Å²) in [5, 5.41) is 2.92. The molecular formula is C13H26N2O3. The number of carbonyl (C=O) groups is 1. The van der Waals surface area contributed by atoms with E-state index in [4.69, 9.17) is 15.2 Å². The van der Waals surface area contributed by atoms with Crippen molar-refractivity contribution in [2.75, 3.05) is 26.4 Å². The van der Waals surface area contributed by atoms with Crippen LogP contribution in [0.25, 0.3) is 0 Å². The monoisotopic (exact) mass is 258 g/mol. The Balaban J connectivity index is 2.10. The summed E-state index contributed by atoms with van der Waals surface area (Å²) in [6.07, 6.45) is 2.85. The molecule has 1 fully saturated rings. The molecule has 5 heteroatoms. The standard InChI is InChI=1S/C13H26N2O3/c1-10(4-3-5-11(2)14)13(16)15-8-12-9-17-6-7-18-12/h10-12H,3-9,14H2,1-2H3,(H,15,16). The van der Waals surface area contributed by atoms with Crippen molar-refractivity contribution in [2.24, 2.45) is 11.7 Å². The number of hydrogen-bond acceptors (Lipinski definition) is 4. The van der Waals surface area contributed by atoms with Crippen LogP contribution in [0, 0.1) is 5.92 Å². The summed E-state index contributed by atoms with van der Waals surface area (Å²) in [5.74, 6) is 0.127. The van der Waals surface area contributed by atoms with Crippen LogP contribution in [0.5, 0.6) is 0 Å².